The van der Waals surface area contributed by atoms with Crippen molar-refractivity contribution in [2.75, 3.05) is 13.0 Å². The smallest absolute Gasteiger partial charge is 0.231 e. The lowest BCUT2D eigenvalue weighted by molar-refractivity contribution is 0.174. The fraction of sp³-hybridized carbons (Fsp3) is 0.455. The van der Waals surface area contributed by atoms with Crippen LogP contribution in [0.15, 0.2) is 18.2 Å². The molecule has 2 N–H and O–H groups in total. The maximum atomic E-state index is 11.5. The van der Waals surface area contributed by atoms with Crippen molar-refractivity contribution >= 4 is 9.84 Å². The molecule has 0 saturated heterocycles. The van der Waals surface area contributed by atoms with Gasteiger partial charge in [0.2, 0.25) is 6.79 Å². The minimum atomic E-state index is -3.09. The zero-order valence-corrected chi connectivity index (χ0v) is 10.1. The average molecular weight is 255 g/mol. The second-order valence-corrected chi connectivity index (χ2v) is 6.71. The Morgan fingerprint density at radius 1 is 1.29 bits per heavy atom. The molecule has 0 amide bonds. The van der Waals surface area contributed by atoms with Gasteiger partial charge in [-0.15, -0.1) is 0 Å². The van der Waals surface area contributed by atoms with Crippen molar-refractivity contribution in [1.82, 2.24) is 0 Å². The van der Waals surface area contributed by atoms with Crippen LogP contribution in [0, 0.1) is 0 Å². The van der Waals surface area contributed by atoms with Gasteiger partial charge in [0, 0.05) is 18.2 Å². The van der Waals surface area contributed by atoms with Crippen molar-refractivity contribution in [3.05, 3.63) is 23.8 Å². The zero-order valence-electron chi connectivity index (χ0n) is 9.29. The summed E-state index contributed by atoms with van der Waals surface area (Å²) in [6.07, 6.45) is 1.23. The number of ether oxygens (including phenoxy) is 2. The summed E-state index contributed by atoms with van der Waals surface area (Å²) >= 11 is 0. The third-order valence-electron chi connectivity index (χ3n) is 3.28. The van der Waals surface area contributed by atoms with Gasteiger partial charge in [0.05, 0.1) is 5.25 Å². The van der Waals surface area contributed by atoms with Gasteiger partial charge < -0.3 is 15.2 Å². The molecule has 0 spiro atoms. The Labute approximate surface area is 99.4 Å². The molecule has 92 valence electrons. The molecule has 0 bridgehead atoms. The first-order valence-electron chi connectivity index (χ1n) is 5.32. The molecule has 3 rings (SSSR count). The summed E-state index contributed by atoms with van der Waals surface area (Å²) in [6.45, 7) is 0.213. The van der Waals surface area contributed by atoms with Crippen molar-refractivity contribution in [3.8, 4) is 11.5 Å². The van der Waals surface area contributed by atoms with Crippen LogP contribution in [0.5, 0.6) is 11.5 Å². The first-order valence-corrected chi connectivity index (χ1v) is 7.28. The van der Waals surface area contributed by atoms with E-state index in [1.165, 1.54) is 6.26 Å². The monoisotopic (exact) mass is 255 g/mol. The molecule has 1 heterocycles. The van der Waals surface area contributed by atoms with E-state index < -0.39 is 15.1 Å². The van der Waals surface area contributed by atoms with Gasteiger partial charge in [-0.2, -0.15) is 0 Å². The first kappa shape index (κ1) is 10.9. The molecular weight excluding hydrogens is 242 g/mol. The number of fused-ring (bicyclic) bond motifs is 1. The van der Waals surface area contributed by atoms with Gasteiger partial charge >= 0.3 is 0 Å². The highest BCUT2D eigenvalue weighted by atomic mass is 32.2. The standard InChI is InChI=1S/C11H13NO4S/c1-17(13,14)11-9(10(11)12)6-2-3-7-8(4-6)16-5-15-7/h2-4,9-11H,5,12H2,1H3. The maximum absolute atomic E-state index is 11.5. The van der Waals surface area contributed by atoms with Crippen LogP contribution >= 0.6 is 0 Å². The van der Waals surface area contributed by atoms with Crippen molar-refractivity contribution < 1.29 is 17.9 Å². The second kappa shape index (κ2) is 3.36. The Kier molecular flexibility index (Phi) is 2.15. The Morgan fingerprint density at radius 3 is 2.65 bits per heavy atom. The maximum Gasteiger partial charge on any atom is 0.231 e. The summed E-state index contributed by atoms with van der Waals surface area (Å²) in [5, 5.41) is -0.470. The highest BCUT2D eigenvalue weighted by molar-refractivity contribution is 7.91. The molecular formula is C11H13NO4S. The van der Waals surface area contributed by atoms with Crippen LogP contribution < -0.4 is 15.2 Å². The Hall–Kier alpha value is -1.27. The van der Waals surface area contributed by atoms with Crippen LogP contribution in [-0.2, 0) is 9.84 Å². The normalized spacial score (nSPS) is 30.4. The van der Waals surface area contributed by atoms with E-state index in [1.54, 1.807) is 6.07 Å². The van der Waals surface area contributed by atoms with Gasteiger partial charge in [0.1, 0.15) is 0 Å². The van der Waals surface area contributed by atoms with Gasteiger partial charge in [-0.05, 0) is 17.7 Å². The van der Waals surface area contributed by atoms with Crippen LogP contribution in [0.2, 0.25) is 0 Å². The van der Waals surface area contributed by atoms with Crippen LogP contribution in [-0.4, -0.2) is 32.8 Å². The molecule has 3 unspecified atom stereocenters. The lowest BCUT2D eigenvalue weighted by Gasteiger charge is -2.01. The summed E-state index contributed by atoms with van der Waals surface area (Å²) < 4.78 is 33.4. The predicted molar refractivity (Wildman–Crippen MR) is 61.9 cm³/mol. The van der Waals surface area contributed by atoms with E-state index in [0.29, 0.717) is 11.5 Å². The van der Waals surface area contributed by atoms with Crippen molar-refractivity contribution in [2.45, 2.75) is 17.2 Å². The molecule has 1 aliphatic heterocycles. The second-order valence-electron chi connectivity index (χ2n) is 4.51. The van der Waals surface area contributed by atoms with E-state index in [1.807, 2.05) is 12.1 Å². The van der Waals surface area contributed by atoms with E-state index in [9.17, 15) is 8.42 Å². The summed E-state index contributed by atoms with van der Waals surface area (Å²) in [7, 11) is -3.09. The summed E-state index contributed by atoms with van der Waals surface area (Å²) in [5.74, 6) is 1.23. The van der Waals surface area contributed by atoms with Gasteiger partial charge in [0.15, 0.2) is 21.3 Å². The molecule has 5 nitrogen and oxygen atoms in total. The fourth-order valence-electron chi connectivity index (χ4n) is 2.39. The number of rotatable bonds is 2. The zero-order chi connectivity index (χ0) is 12.2. The molecule has 0 aromatic heterocycles. The van der Waals surface area contributed by atoms with Crippen molar-refractivity contribution in [1.29, 1.82) is 0 Å². The molecule has 17 heavy (non-hydrogen) atoms. The average Bonchev–Trinajstić information content (AvgIpc) is 2.73. The highest BCUT2D eigenvalue weighted by Crippen LogP contribution is 2.47. The molecule has 1 aliphatic carbocycles. The van der Waals surface area contributed by atoms with Gasteiger partial charge in [-0.1, -0.05) is 6.07 Å². The quantitative estimate of drug-likeness (QED) is 0.819. The Bertz CT molecular complexity index is 569. The molecule has 1 aromatic rings. The van der Waals surface area contributed by atoms with E-state index in [-0.39, 0.29) is 18.8 Å². The molecule has 3 atom stereocenters. The van der Waals surface area contributed by atoms with E-state index in [4.69, 9.17) is 15.2 Å². The minimum absolute atomic E-state index is 0.125. The van der Waals surface area contributed by atoms with E-state index >= 15 is 0 Å². The van der Waals surface area contributed by atoms with E-state index in [0.717, 1.165) is 5.56 Å². The molecule has 1 aromatic carbocycles. The number of hydrogen-bond acceptors (Lipinski definition) is 5. The predicted octanol–water partition coefficient (Wildman–Crippen LogP) is 0.253. The SMILES string of the molecule is CS(=O)(=O)C1C(N)C1c1ccc2c(c1)OCO2. The molecule has 1 fully saturated rings. The minimum Gasteiger partial charge on any atom is -0.454 e. The lowest BCUT2D eigenvalue weighted by Crippen LogP contribution is -2.13. The lowest BCUT2D eigenvalue weighted by atomic mass is 10.1. The van der Waals surface area contributed by atoms with Crippen molar-refractivity contribution in [3.63, 3.8) is 0 Å². The molecule has 0 radical (unpaired) electrons. The number of sulfone groups is 1. The number of benzene rings is 1. The first-order chi connectivity index (χ1) is 7.98. The van der Waals surface area contributed by atoms with Crippen LogP contribution in [0.4, 0.5) is 0 Å². The molecule has 1 saturated carbocycles. The molecule has 6 heteroatoms. The topological polar surface area (TPSA) is 78.6 Å². The summed E-state index contributed by atoms with van der Waals surface area (Å²) in [4.78, 5) is 0. The molecule has 2 aliphatic rings. The summed E-state index contributed by atoms with van der Waals surface area (Å²) in [6, 6.07) is 5.15. The van der Waals surface area contributed by atoms with Crippen LogP contribution in [0.25, 0.3) is 0 Å². The van der Waals surface area contributed by atoms with Gasteiger partial charge in [-0.25, -0.2) is 8.42 Å². The van der Waals surface area contributed by atoms with Crippen LogP contribution in [0.3, 0.4) is 0 Å². The summed E-state index contributed by atoms with van der Waals surface area (Å²) in [5.41, 5.74) is 6.72. The Morgan fingerprint density at radius 2 is 2.00 bits per heavy atom. The largest absolute Gasteiger partial charge is 0.454 e. The highest BCUT2D eigenvalue weighted by Gasteiger charge is 2.55. The fourth-order valence-corrected chi connectivity index (χ4v) is 3.91. The number of nitrogens with two attached hydrogens (primary N) is 1. The Balaban J connectivity index is 1.92. The van der Waals surface area contributed by atoms with Gasteiger partial charge in [0.25, 0.3) is 0 Å². The third-order valence-corrected chi connectivity index (χ3v) is 4.88. The van der Waals surface area contributed by atoms with Crippen LogP contribution in [0.1, 0.15) is 11.5 Å². The van der Waals surface area contributed by atoms with E-state index in [2.05, 4.69) is 0 Å². The van der Waals surface area contributed by atoms with Crippen molar-refractivity contribution in [2.24, 2.45) is 5.73 Å². The van der Waals surface area contributed by atoms with Gasteiger partial charge in [-0.3, -0.25) is 0 Å². The number of hydrogen-bond donors (Lipinski definition) is 1. The third kappa shape index (κ3) is 1.68.